The van der Waals surface area contributed by atoms with Gasteiger partial charge in [-0.15, -0.1) is 0 Å². The molecule has 102 valence electrons. The van der Waals surface area contributed by atoms with Gasteiger partial charge in [0.15, 0.2) is 0 Å². The summed E-state index contributed by atoms with van der Waals surface area (Å²) in [6, 6.07) is -1.29. The number of rotatable bonds is 4. The second-order valence-electron chi connectivity index (χ2n) is 4.15. The molecule has 0 aromatic heterocycles. The monoisotopic (exact) mass is 257 g/mol. The van der Waals surface area contributed by atoms with Crippen molar-refractivity contribution in [3.63, 3.8) is 0 Å². The van der Waals surface area contributed by atoms with Gasteiger partial charge in [-0.3, -0.25) is 19.8 Å². The number of nitrogens with two attached hydrogens (primary N) is 1. The zero-order valence-electron chi connectivity index (χ0n) is 10.5. The van der Waals surface area contributed by atoms with Crippen molar-refractivity contribution < 1.29 is 19.1 Å². The molecule has 1 heterocycles. The normalized spacial score (nSPS) is 20.2. The van der Waals surface area contributed by atoms with Crippen molar-refractivity contribution in [1.82, 2.24) is 10.2 Å². The number of piperidine rings is 1. The third kappa shape index (κ3) is 4.33. The number of carbonyl (C=O) groups is 3. The number of nitrogens with zero attached hydrogens (tertiary/aromatic N) is 1. The summed E-state index contributed by atoms with van der Waals surface area (Å²) in [5, 5.41) is 1.99. The van der Waals surface area contributed by atoms with Gasteiger partial charge in [0.25, 0.3) is 0 Å². The SMILES string of the molecule is CCOC(=O)[C@@H]1CCCCN1CC(=O)NC(N)=O. The summed E-state index contributed by atoms with van der Waals surface area (Å²) >= 11 is 0. The van der Waals surface area contributed by atoms with Crippen LogP contribution in [0.25, 0.3) is 0 Å². The van der Waals surface area contributed by atoms with Crippen LogP contribution in [-0.4, -0.2) is 48.5 Å². The van der Waals surface area contributed by atoms with Crippen LogP contribution in [0.1, 0.15) is 26.2 Å². The van der Waals surface area contributed by atoms with E-state index in [9.17, 15) is 14.4 Å². The minimum atomic E-state index is -0.885. The lowest BCUT2D eigenvalue weighted by atomic mass is 10.0. The number of hydrogen-bond donors (Lipinski definition) is 2. The lowest BCUT2D eigenvalue weighted by Gasteiger charge is -2.33. The highest BCUT2D eigenvalue weighted by Crippen LogP contribution is 2.17. The third-order valence-corrected chi connectivity index (χ3v) is 2.78. The van der Waals surface area contributed by atoms with E-state index in [0.29, 0.717) is 19.6 Å². The van der Waals surface area contributed by atoms with Crippen LogP contribution in [0.15, 0.2) is 0 Å². The summed E-state index contributed by atoms with van der Waals surface area (Å²) in [5.41, 5.74) is 4.86. The Bertz CT molecular complexity index is 332. The molecule has 0 spiro atoms. The first kappa shape index (κ1) is 14.4. The predicted molar refractivity (Wildman–Crippen MR) is 63.6 cm³/mol. The van der Waals surface area contributed by atoms with Gasteiger partial charge in [-0.25, -0.2) is 4.79 Å². The molecule has 1 saturated heterocycles. The number of hydrogen-bond acceptors (Lipinski definition) is 5. The minimum Gasteiger partial charge on any atom is -0.465 e. The summed E-state index contributed by atoms with van der Waals surface area (Å²) in [5.74, 6) is -0.817. The number of imide groups is 1. The number of amides is 3. The van der Waals surface area contributed by atoms with Gasteiger partial charge in [0.2, 0.25) is 5.91 Å². The average molecular weight is 257 g/mol. The van der Waals surface area contributed by atoms with Crippen LogP contribution in [0.3, 0.4) is 0 Å². The molecule has 1 aliphatic rings. The highest BCUT2D eigenvalue weighted by Gasteiger charge is 2.31. The van der Waals surface area contributed by atoms with Gasteiger partial charge in [-0.05, 0) is 26.3 Å². The molecular formula is C11H19N3O4. The Hall–Kier alpha value is -1.63. The number of urea groups is 1. The van der Waals surface area contributed by atoms with Crippen molar-refractivity contribution in [1.29, 1.82) is 0 Å². The Morgan fingerprint density at radius 3 is 2.72 bits per heavy atom. The number of primary amides is 1. The van der Waals surface area contributed by atoms with Crippen LogP contribution < -0.4 is 11.1 Å². The first-order valence-electron chi connectivity index (χ1n) is 6.04. The number of ether oxygens (including phenoxy) is 1. The summed E-state index contributed by atoms with van der Waals surface area (Å²) in [7, 11) is 0. The molecule has 1 fully saturated rings. The standard InChI is InChI=1S/C11H19N3O4/c1-2-18-10(16)8-5-3-4-6-14(8)7-9(15)13-11(12)17/h8H,2-7H2,1H3,(H3,12,13,15,17)/t8-/m0/s1. The molecule has 7 nitrogen and oxygen atoms in total. The van der Waals surface area contributed by atoms with E-state index in [1.165, 1.54) is 0 Å². The van der Waals surface area contributed by atoms with Crippen LogP contribution in [-0.2, 0) is 14.3 Å². The molecule has 7 heteroatoms. The molecule has 0 aliphatic carbocycles. The second kappa shape index (κ2) is 6.95. The van der Waals surface area contributed by atoms with Crippen molar-refractivity contribution in [3.05, 3.63) is 0 Å². The van der Waals surface area contributed by atoms with Crippen molar-refractivity contribution in [2.45, 2.75) is 32.2 Å². The lowest BCUT2D eigenvalue weighted by Crippen LogP contribution is -2.50. The molecule has 1 atom stereocenters. The molecule has 1 rings (SSSR count). The Labute approximate surface area is 106 Å². The first-order valence-corrected chi connectivity index (χ1v) is 6.04. The number of carbonyl (C=O) groups excluding carboxylic acids is 3. The number of likely N-dealkylation sites (tertiary alicyclic amines) is 1. The van der Waals surface area contributed by atoms with Crippen LogP contribution in [0.4, 0.5) is 4.79 Å². The quantitative estimate of drug-likeness (QED) is 0.667. The first-order chi connectivity index (χ1) is 8.54. The fourth-order valence-electron chi connectivity index (χ4n) is 2.05. The number of nitrogens with one attached hydrogen (secondary N) is 1. The molecular weight excluding hydrogens is 238 g/mol. The maximum Gasteiger partial charge on any atom is 0.323 e. The molecule has 0 aromatic carbocycles. The van der Waals surface area contributed by atoms with Gasteiger partial charge in [0.1, 0.15) is 6.04 Å². The molecule has 0 radical (unpaired) electrons. The summed E-state index contributed by atoms with van der Waals surface area (Å²) < 4.78 is 4.97. The minimum absolute atomic E-state index is 0.0214. The fourth-order valence-corrected chi connectivity index (χ4v) is 2.05. The molecule has 18 heavy (non-hydrogen) atoms. The molecule has 3 N–H and O–H groups in total. The highest BCUT2D eigenvalue weighted by atomic mass is 16.5. The zero-order chi connectivity index (χ0) is 13.5. The van der Waals surface area contributed by atoms with Crippen LogP contribution >= 0.6 is 0 Å². The zero-order valence-corrected chi connectivity index (χ0v) is 10.5. The molecule has 0 saturated carbocycles. The van der Waals surface area contributed by atoms with Crippen LogP contribution in [0, 0.1) is 0 Å². The topological polar surface area (TPSA) is 102 Å². The van der Waals surface area contributed by atoms with E-state index < -0.39 is 18.0 Å². The van der Waals surface area contributed by atoms with Crippen molar-refractivity contribution in [2.75, 3.05) is 19.7 Å². The van der Waals surface area contributed by atoms with E-state index in [0.717, 1.165) is 12.8 Å². The molecule has 3 amide bonds. The van der Waals surface area contributed by atoms with Crippen LogP contribution in [0.5, 0.6) is 0 Å². The smallest absolute Gasteiger partial charge is 0.323 e. The number of esters is 1. The summed E-state index contributed by atoms with van der Waals surface area (Å²) in [6.45, 7) is 2.67. The van der Waals surface area contributed by atoms with E-state index in [1.807, 2.05) is 5.32 Å². The van der Waals surface area contributed by atoms with Gasteiger partial charge in [-0.2, -0.15) is 0 Å². The highest BCUT2D eigenvalue weighted by molar-refractivity contribution is 5.94. The Morgan fingerprint density at radius 1 is 1.39 bits per heavy atom. The van der Waals surface area contributed by atoms with E-state index in [-0.39, 0.29) is 12.5 Å². The van der Waals surface area contributed by atoms with Gasteiger partial charge >= 0.3 is 12.0 Å². The Morgan fingerprint density at radius 2 is 2.11 bits per heavy atom. The van der Waals surface area contributed by atoms with Gasteiger partial charge in [0, 0.05) is 0 Å². The van der Waals surface area contributed by atoms with Crippen molar-refractivity contribution >= 4 is 17.9 Å². The Balaban J connectivity index is 2.56. The fraction of sp³-hybridized carbons (Fsp3) is 0.727. The molecule has 0 aromatic rings. The van der Waals surface area contributed by atoms with E-state index in [4.69, 9.17) is 10.5 Å². The van der Waals surface area contributed by atoms with E-state index in [1.54, 1.807) is 11.8 Å². The van der Waals surface area contributed by atoms with Gasteiger partial charge in [0.05, 0.1) is 13.2 Å². The second-order valence-corrected chi connectivity index (χ2v) is 4.15. The van der Waals surface area contributed by atoms with E-state index >= 15 is 0 Å². The Kier molecular flexibility index (Phi) is 5.57. The maximum absolute atomic E-state index is 11.7. The maximum atomic E-state index is 11.7. The molecule has 0 unspecified atom stereocenters. The predicted octanol–water partition coefficient (Wildman–Crippen LogP) is -0.401. The summed E-state index contributed by atoms with van der Waals surface area (Å²) in [4.78, 5) is 35.4. The molecule has 0 bridgehead atoms. The lowest BCUT2D eigenvalue weighted by molar-refractivity contribution is -0.151. The average Bonchev–Trinajstić information content (AvgIpc) is 2.28. The van der Waals surface area contributed by atoms with Crippen LogP contribution in [0.2, 0.25) is 0 Å². The molecule has 1 aliphatic heterocycles. The van der Waals surface area contributed by atoms with Gasteiger partial charge in [-0.1, -0.05) is 6.42 Å². The van der Waals surface area contributed by atoms with Gasteiger partial charge < -0.3 is 10.5 Å². The van der Waals surface area contributed by atoms with Crippen molar-refractivity contribution in [2.24, 2.45) is 5.73 Å². The third-order valence-electron chi connectivity index (χ3n) is 2.78. The largest absolute Gasteiger partial charge is 0.465 e. The van der Waals surface area contributed by atoms with E-state index in [2.05, 4.69) is 0 Å². The van der Waals surface area contributed by atoms with Crippen molar-refractivity contribution in [3.8, 4) is 0 Å². The summed E-state index contributed by atoms with van der Waals surface area (Å²) in [6.07, 6.45) is 2.51.